The molecule has 29 heavy (non-hydrogen) atoms. The van der Waals surface area contributed by atoms with Crippen molar-refractivity contribution in [2.75, 3.05) is 5.75 Å². The van der Waals surface area contributed by atoms with Crippen molar-refractivity contribution in [3.63, 3.8) is 0 Å². The Hall–Kier alpha value is -3.60. The molecule has 0 spiro atoms. The number of nitrogens with zero attached hydrogens (tertiary/aromatic N) is 2. The van der Waals surface area contributed by atoms with Gasteiger partial charge in [0.25, 0.3) is 5.91 Å². The molecule has 2 heterocycles. The summed E-state index contributed by atoms with van der Waals surface area (Å²) in [5, 5.41) is 12.9. The molecule has 0 atom stereocenters. The smallest absolute Gasteiger partial charge is 0.313 e. The van der Waals surface area contributed by atoms with Crippen molar-refractivity contribution in [2.45, 2.75) is 6.54 Å². The number of halogens is 1. The Morgan fingerprint density at radius 1 is 1.28 bits per heavy atom. The van der Waals surface area contributed by atoms with Gasteiger partial charge in [0.05, 0.1) is 12.0 Å². The number of aliphatic imine (C=N–C) groups is 2. The lowest BCUT2D eigenvalue weighted by Gasteiger charge is -2.14. The van der Waals surface area contributed by atoms with Crippen LogP contribution in [0.2, 0.25) is 0 Å². The van der Waals surface area contributed by atoms with Crippen LogP contribution >= 0.6 is 11.8 Å². The summed E-state index contributed by atoms with van der Waals surface area (Å²) >= 11 is 0.916. The van der Waals surface area contributed by atoms with Gasteiger partial charge in [-0.1, -0.05) is 23.9 Å². The van der Waals surface area contributed by atoms with Gasteiger partial charge in [-0.25, -0.2) is 9.38 Å². The monoisotopic (exact) mass is 415 g/mol. The number of hydrogen-bond acceptors (Lipinski definition) is 6. The van der Waals surface area contributed by atoms with Crippen molar-refractivity contribution in [2.24, 2.45) is 9.98 Å². The number of thioether (sulfide) groups is 1. The Balaban J connectivity index is 1.53. The highest BCUT2D eigenvalue weighted by Gasteiger charge is 2.26. The van der Waals surface area contributed by atoms with Gasteiger partial charge in [0.2, 0.25) is 5.91 Å². The molecule has 2 aromatic rings. The Labute approximate surface area is 168 Å². The summed E-state index contributed by atoms with van der Waals surface area (Å²) in [6, 6.07) is 8.58. The van der Waals surface area contributed by atoms with Crippen molar-refractivity contribution < 1.29 is 23.2 Å². The first-order valence-corrected chi connectivity index (χ1v) is 9.20. The Kier molecular flexibility index (Phi) is 6.29. The summed E-state index contributed by atoms with van der Waals surface area (Å²) < 4.78 is 17.7. The summed E-state index contributed by atoms with van der Waals surface area (Å²) in [4.78, 5) is 43.3. The molecule has 3 amide bonds. The van der Waals surface area contributed by atoms with E-state index in [0.29, 0.717) is 0 Å². The molecule has 0 unspecified atom stereocenters. The van der Waals surface area contributed by atoms with Crippen LogP contribution in [0.1, 0.15) is 16.1 Å². The fraction of sp³-hybridized carbons (Fsp3) is 0.111. The van der Waals surface area contributed by atoms with Gasteiger partial charge in [0, 0.05) is 6.54 Å². The number of carbonyl (C=O) groups is 3. The normalized spacial score (nSPS) is 15.1. The topological polar surface area (TPSA) is 137 Å². The fourth-order valence-corrected chi connectivity index (χ4v) is 2.85. The predicted molar refractivity (Wildman–Crippen MR) is 104 cm³/mol. The van der Waals surface area contributed by atoms with Crippen molar-refractivity contribution in [3.05, 3.63) is 59.8 Å². The van der Waals surface area contributed by atoms with Gasteiger partial charge in [-0.15, -0.1) is 0 Å². The summed E-state index contributed by atoms with van der Waals surface area (Å²) in [6.45, 7) is 0.222. The highest BCUT2D eigenvalue weighted by Crippen LogP contribution is 2.09. The molecule has 0 bridgehead atoms. The summed E-state index contributed by atoms with van der Waals surface area (Å²) in [7, 11) is 0. The third kappa shape index (κ3) is 5.45. The van der Waals surface area contributed by atoms with Gasteiger partial charge in [-0.05, 0) is 29.8 Å². The van der Waals surface area contributed by atoms with Crippen LogP contribution in [0.5, 0.6) is 0 Å². The Morgan fingerprint density at radius 2 is 2.03 bits per heavy atom. The largest absolute Gasteiger partial charge is 0.459 e. The van der Waals surface area contributed by atoms with Crippen molar-refractivity contribution in [3.8, 4) is 0 Å². The molecule has 0 saturated heterocycles. The zero-order valence-corrected chi connectivity index (χ0v) is 15.6. The van der Waals surface area contributed by atoms with Crippen molar-refractivity contribution >= 4 is 46.2 Å². The maximum Gasteiger partial charge on any atom is 0.313 e. The number of carbonyl (C=O) groups excluding carboxylic acids is 3. The molecule has 0 saturated carbocycles. The number of benzene rings is 1. The second kappa shape index (κ2) is 9.06. The zero-order chi connectivity index (χ0) is 20.8. The van der Waals surface area contributed by atoms with Gasteiger partial charge >= 0.3 is 5.91 Å². The van der Waals surface area contributed by atoms with Crippen LogP contribution in [0, 0.1) is 11.2 Å². The molecule has 0 fully saturated rings. The van der Waals surface area contributed by atoms with E-state index in [1.807, 2.05) is 0 Å². The molecule has 3 N–H and O–H groups in total. The van der Waals surface area contributed by atoms with Crippen LogP contribution in [-0.4, -0.2) is 40.2 Å². The molecule has 0 radical (unpaired) electrons. The molecular weight excluding hydrogens is 401 g/mol. The minimum Gasteiger partial charge on any atom is -0.459 e. The van der Waals surface area contributed by atoms with E-state index in [-0.39, 0.29) is 34.9 Å². The third-order valence-corrected chi connectivity index (χ3v) is 4.43. The summed E-state index contributed by atoms with van der Waals surface area (Å²) in [5.41, 5.74) is 0.286. The first-order valence-electron chi connectivity index (χ1n) is 8.22. The van der Waals surface area contributed by atoms with Crippen molar-refractivity contribution in [1.82, 2.24) is 10.6 Å². The van der Waals surface area contributed by atoms with Gasteiger partial charge in [-0.2, -0.15) is 4.99 Å². The standard InChI is InChI=1S/C18H14FN5O4S/c19-11-5-3-10(4-6-11)8-21-13(25)9-29-18-23-15(20)14(17(27)24-18)22-16(26)12-2-1-7-28-12/h1-7H,8-9H2,(H,21,25)(H2,20,23,24,27). The molecule has 1 aromatic carbocycles. The van der Waals surface area contributed by atoms with Gasteiger partial charge in [0.15, 0.2) is 22.5 Å². The van der Waals surface area contributed by atoms with E-state index >= 15 is 0 Å². The third-order valence-electron chi connectivity index (χ3n) is 3.56. The van der Waals surface area contributed by atoms with E-state index in [9.17, 15) is 18.8 Å². The summed E-state index contributed by atoms with van der Waals surface area (Å²) in [5.74, 6) is -2.92. The lowest BCUT2D eigenvalue weighted by Crippen LogP contribution is -2.44. The quantitative estimate of drug-likeness (QED) is 0.680. The van der Waals surface area contributed by atoms with E-state index in [4.69, 9.17) is 9.83 Å². The van der Waals surface area contributed by atoms with E-state index in [1.54, 1.807) is 12.1 Å². The average Bonchev–Trinajstić information content (AvgIpc) is 3.23. The van der Waals surface area contributed by atoms with E-state index < -0.39 is 23.4 Å². The van der Waals surface area contributed by atoms with Gasteiger partial charge in [0.1, 0.15) is 5.82 Å². The number of amides is 3. The molecule has 3 rings (SSSR count). The molecule has 1 aromatic heterocycles. The highest BCUT2D eigenvalue weighted by atomic mass is 32.2. The molecular formula is C18H14FN5O4S. The number of furan rings is 1. The minimum absolute atomic E-state index is 0.0429. The molecule has 1 aliphatic heterocycles. The van der Waals surface area contributed by atoms with Crippen LogP contribution < -0.4 is 10.6 Å². The SMILES string of the molecule is N=C1N=C(SCC(=O)NCc2ccc(F)cc2)NC(=O)C1=NC(=O)c1ccco1. The minimum atomic E-state index is -0.809. The fourth-order valence-electron chi connectivity index (χ4n) is 2.16. The summed E-state index contributed by atoms with van der Waals surface area (Å²) in [6.07, 6.45) is 1.29. The number of hydrogen-bond donors (Lipinski definition) is 3. The second-order valence-electron chi connectivity index (χ2n) is 5.65. The highest BCUT2D eigenvalue weighted by molar-refractivity contribution is 8.14. The number of amidine groups is 2. The lowest BCUT2D eigenvalue weighted by molar-refractivity contribution is -0.118. The molecule has 9 nitrogen and oxygen atoms in total. The van der Waals surface area contributed by atoms with Crippen LogP contribution in [0.25, 0.3) is 0 Å². The van der Waals surface area contributed by atoms with Crippen LogP contribution in [-0.2, 0) is 16.1 Å². The Bertz CT molecular complexity index is 1020. The number of rotatable bonds is 5. The molecule has 148 valence electrons. The second-order valence-corrected chi connectivity index (χ2v) is 6.62. The zero-order valence-electron chi connectivity index (χ0n) is 14.8. The van der Waals surface area contributed by atoms with Crippen LogP contribution in [0.4, 0.5) is 4.39 Å². The maximum atomic E-state index is 12.9. The van der Waals surface area contributed by atoms with Gasteiger partial charge < -0.3 is 9.73 Å². The predicted octanol–water partition coefficient (Wildman–Crippen LogP) is 1.51. The van der Waals surface area contributed by atoms with E-state index in [1.165, 1.54) is 30.5 Å². The van der Waals surface area contributed by atoms with Gasteiger partial charge in [-0.3, -0.25) is 25.1 Å². The number of nitrogens with one attached hydrogen (secondary N) is 3. The lowest BCUT2D eigenvalue weighted by atomic mass is 10.2. The first-order chi connectivity index (χ1) is 13.9. The van der Waals surface area contributed by atoms with Crippen molar-refractivity contribution in [1.29, 1.82) is 5.41 Å². The molecule has 1 aliphatic rings. The molecule has 11 heteroatoms. The maximum absolute atomic E-state index is 12.9. The van der Waals surface area contributed by atoms with E-state index in [0.717, 1.165) is 17.3 Å². The average molecular weight is 415 g/mol. The van der Waals surface area contributed by atoms with E-state index in [2.05, 4.69) is 20.6 Å². The first kappa shape index (κ1) is 20.1. The van der Waals surface area contributed by atoms with Crippen LogP contribution in [0.15, 0.2) is 57.1 Å². The Morgan fingerprint density at radius 3 is 2.69 bits per heavy atom. The molecule has 0 aliphatic carbocycles. The van der Waals surface area contributed by atoms with Crippen LogP contribution in [0.3, 0.4) is 0 Å².